The summed E-state index contributed by atoms with van der Waals surface area (Å²) in [6.45, 7) is 3.04. The molecule has 4 aliphatic rings. The van der Waals surface area contributed by atoms with Gasteiger partial charge in [-0.1, -0.05) is 13.0 Å². The van der Waals surface area contributed by atoms with Crippen molar-refractivity contribution in [2.24, 2.45) is 22.7 Å². The number of nitrogens with two attached hydrogens (primary N) is 1. The first-order valence-electron chi connectivity index (χ1n) is 12.7. The third kappa shape index (κ3) is 3.68. The van der Waals surface area contributed by atoms with E-state index in [-0.39, 0.29) is 42.5 Å². The van der Waals surface area contributed by atoms with Crippen molar-refractivity contribution in [3.05, 3.63) is 53.4 Å². The number of hydrogen-bond donors (Lipinski definition) is 2. The number of alkyl halides is 3. The Bertz CT molecular complexity index is 1320. The normalized spacial score (nSPS) is 40.8. The Morgan fingerprint density at radius 2 is 1.97 bits per heavy atom. The van der Waals surface area contributed by atoms with Crippen LogP contribution in [0, 0.1) is 28.5 Å². The van der Waals surface area contributed by atoms with Crippen LogP contribution in [-0.4, -0.2) is 51.5 Å². The molecule has 8 atom stereocenters. The molecule has 0 heterocycles. The van der Waals surface area contributed by atoms with Gasteiger partial charge in [-0.25, -0.2) is 22.4 Å². The van der Waals surface area contributed by atoms with Crippen molar-refractivity contribution >= 4 is 34.3 Å². The molecule has 0 saturated heterocycles. The molecular formula is C28H29F4NO5S. The number of aliphatic hydroxyl groups is 1. The fourth-order valence-corrected chi connectivity index (χ4v) is 8.50. The van der Waals surface area contributed by atoms with Crippen molar-refractivity contribution in [1.29, 1.82) is 0 Å². The van der Waals surface area contributed by atoms with Crippen LogP contribution in [0.3, 0.4) is 0 Å². The van der Waals surface area contributed by atoms with Crippen LogP contribution < -0.4 is 5.73 Å². The van der Waals surface area contributed by atoms with Gasteiger partial charge in [-0.3, -0.25) is 9.59 Å². The molecule has 8 unspecified atom stereocenters. The third-order valence-electron chi connectivity index (χ3n) is 9.76. The van der Waals surface area contributed by atoms with Crippen LogP contribution in [0.15, 0.2) is 42.0 Å². The van der Waals surface area contributed by atoms with Crippen LogP contribution in [0.2, 0.25) is 0 Å². The molecule has 0 aliphatic heterocycles. The Kier molecular flexibility index (Phi) is 6.57. The quantitative estimate of drug-likeness (QED) is 0.306. The monoisotopic (exact) mass is 567 g/mol. The summed E-state index contributed by atoms with van der Waals surface area (Å²) in [6, 6.07) is 2.04. The van der Waals surface area contributed by atoms with Gasteiger partial charge in [0.1, 0.15) is 18.0 Å². The fraction of sp³-hybridized carbons (Fsp3) is 0.536. The maximum atomic E-state index is 17.3. The fourth-order valence-electron chi connectivity index (χ4n) is 7.79. The number of halogens is 4. The predicted molar refractivity (Wildman–Crippen MR) is 136 cm³/mol. The van der Waals surface area contributed by atoms with Crippen LogP contribution in [0.25, 0.3) is 0 Å². The summed E-state index contributed by atoms with van der Waals surface area (Å²) in [5, 5.41) is 10.7. The van der Waals surface area contributed by atoms with Crippen molar-refractivity contribution in [2.75, 3.05) is 11.7 Å². The van der Waals surface area contributed by atoms with Crippen LogP contribution in [0.5, 0.6) is 0 Å². The van der Waals surface area contributed by atoms with Crippen molar-refractivity contribution in [3.63, 3.8) is 0 Å². The number of ketones is 1. The molecule has 39 heavy (non-hydrogen) atoms. The van der Waals surface area contributed by atoms with E-state index in [2.05, 4.69) is 0 Å². The third-order valence-corrected chi connectivity index (χ3v) is 10.5. The molecule has 3 saturated carbocycles. The topological polar surface area (TPSA) is 107 Å². The SMILES string of the molecule is CC12C=CC(=O)C=C1C(F)CC1C3CCC(OC(=O)c4ccc(F)c(N)c4)(C(=O)SCF)C3(C)CC(O)C12F. The molecule has 0 amide bonds. The van der Waals surface area contributed by atoms with E-state index in [4.69, 9.17) is 10.5 Å². The lowest BCUT2D eigenvalue weighted by molar-refractivity contribution is -0.219. The van der Waals surface area contributed by atoms with Gasteiger partial charge in [0.2, 0.25) is 5.12 Å². The number of thioether (sulfide) groups is 1. The largest absolute Gasteiger partial charge is 0.446 e. The van der Waals surface area contributed by atoms with Gasteiger partial charge in [0.15, 0.2) is 17.1 Å². The molecule has 1 aromatic carbocycles. The summed E-state index contributed by atoms with van der Waals surface area (Å²) in [5.74, 6) is -4.08. The molecular weight excluding hydrogens is 538 g/mol. The minimum absolute atomic E-state index is 0.0370. The number of anilines is 1. The van der Waals surface area contributed by atoms with Gasteiger partial charge in [-0.05, 0) is 86.2 Å². The number of benzene rings is 1. The van der Waals surface area contributed by atoms with Crippen molar-refractivity contribution < 1.29 is 41.8 Å². The van der Waals surface area contributed by atoms with Crippen molar-refractivity contribution in [2.45, 2.75) is 63.1 Å². The van der Waals surface area contributed by atoms with Gasteiger partial charge in [0.25, 0.3) is 0 Å². The number of esters is 1. The molecule has 0 aromatic heterocycles. The second-order valence-electron chi connectivity index (χ2n) is 11.4. The number of nitrogen functional groups attached to an aromatic ring is 1. The van der Waals surface area contributed by atoms with E-state index < -0.39 is 74.9 Å². The maximum absolute atomic E-state index is 17.3. The molecule has 210 valence electrons. The van der Waals surface area contributed by atoms with Gasteiger partial charge in [0, 0.05) is 16.7 Å². The molecule has 3 N–H and O–H groups in total. The smallest absolute Gasteiger partial charge is 0.339 e. The summed E-state index contributed by atoms with van der Waals surface area (Å²) in [7, 11) is 0. The lowest BCUT2D eigenvalue weighted by Crippen LogP contribution is -2.70. The Morgan fingerprint density at radius 1 is 1.26 bits per heavy atom. The van der Waals surface area contributed by atoms with E-state index in [0.717, 1.165) is 30.4 Å². The first-order chi connectivity index (χ1) is 18.2. The standard InChI is InChI=1S/C28H29F4NO5S/c1-25-7-5-15(34)10-18(25)20(31)11-17-16-6-8-27(24(37)39-13-29,26(16,2)12-22(35)28(17,25)32)38-23(36)14-3-4-19(30)21(33)9-14/h3-5,7,9-10,16-17,20,22,35H,6,8,11-13,33H2,1-2H3. The summed E-state index contributed by atoms with van der Waals surface area (Å²) in [4.78, 5) is 38.8. The first-order valence-corrected chi connectivity index (χ1v) is 13.7. The van der Waals surface area contributed by atoms with E-state index >= 15 is 8.78 Å². The zero-order chi connectivity index (χ0) is 28.5. The molecule has 0 bridgehead atoms. The van der Waals surface area contributed by atoms with Gasteiger partial charge in [0.05, 0.1) is 17.4 Å². The lowest BCUT2D eigenvalue weighted by Gasteiger charge is -2.63. The van der Waals surface area contributed by atoms with Crippen LogP contribution >= 0.6 is 11.8 Å². The van der Waals surface area contributed by atoms with Crippen molar-refractivity contribution in [1.82, 2.24) is 0 Å². The van der Waals surface area contributed by atoms with Crippen LogP contribution in [-0.2, 0) is 14.3 Å². The number of carbonyl (C=O) groups excluding carboxylic acids is 3. The van der Waals surface area contributed by atoms with E-state index in [1.165, 1.54) is 13.0 Å². The summed E-state index contributed by atoms with van der Waals surface area (Å²) < 4.78 is 65.9. The van der Waals surface area contributed by atoms with Gasteiger partial charge >= 0.3 is 5.97 Å². The van der Waals surface area contributed by atoms with E-state index in [0.29, 0.717) is 11.8 Å². The first kappa shape index (κ1) is 27.9. The average molecular weight is 568 g/mol. The Labute approximate surface area is 227 Å². The minimum Gasteiger partial charge on any atom is -0.446 e. The highest BCUT2D eigenvalue weighted by Gasteiger charge is 2.76. The van der Waals surface area contributed by atoms with Gasteiger partial charge in [-0.2, -0.15) is 0 Å². The highest BCUT2D eigenvalue weighted by Crippen LogP contribution is 2.71. The molecule has 6 nitrogen and oxygen atoms in total. The summed E-state index contributed by atoms with van der Waals surface area (Å²) in [5.41, 5.74) is -2.28. The molecule has 1 aromatic rings. The zero-order valence-corrected chi connectivity index (χ0v) is 22.2. The predicted octanol–water partition coefficient (Wildman–Crippen LogP) is 4.81. The van der Waals surface area contributed by atoms with Crippen LogP contribution in [0.1, 0.15) is 49.9 Å². The van der Waals surface area contributed by atoms with Gasteiger partial charge in [-0.15, -0.1) is 0 Å². The number of aliphatic hydroxyl groups excluding tert-OH is 1. The summed E-state index contributed by atoms with van der Waals surface area (Å²) >= 11 is 0.298. The molecule has 5 rings (SSSR count). The van der Waals surface area contributed by atoms with E-state index in [9.17, 15) is 28.3 Å². The highest BCUT2D eigenvalue weighted by atomic mass is 32.2. The summed E-state index contributed by atoms with van der Waals surface area (Å²) in [6.07, 6.45) is -0.514. The number of fused-ring (bicyclic) bond motifs is 5. The molecule has 4 aliphatic carbocycles. The van der Waals surface area contributed by atoms with Crippen LogP contribution in [0.4, 0.5) is 23.2 Å². The maximum Gasteiger partial charge on any atom is 0.339 e. The Morgan fingerprint density at radius 3 is 2.64 bits per heavy atom. The second kappa shape index (κ2) is 9.19. The molecule has 3 fully saturated rings. The Hall–Kier alpha value is -2.66. The highest BCUT2D eigenvalue weighted by molar-refractivity contribution is 8.13. The number of allylic oxidation sites excluding steroid dienone is 4. The minimum atomic E-state index is -2.38. The molecule has 11 heteroatoms. The van der Waals surface area contributed by atoms with Gasteiger partial charge < -0.3 is 15.6 Å². The van der Waals surface area contributed by atoms with E-state index in [1.807, 2.05) is 0 Å². The Balaban J connectivity index is 1.59. The zero-order valence-electron chi connectivity index (χ0n) is 21.4. The number of carbonyl (C=O) groups is 3. The second-order valence-corrected chi connectivity index (χ2v) is 12.3. The van der Waals surface area contributed by atoms with Crippen molar-refractivity contribution in [3.8, 4) is 0 Å². The average Bonchev–Trinajstić information content (AvgIpc) is 3.16. The lowest BCUT2D eigenvalue weighted by atomic mass is 9.44. The molecule has 0 radical (unpaired) electrons. The number of rotatable bonds is 4. The number of ether oxygens (including phenoxy) is 1. The molecule has 0 spiro atoms. The van der Waals surface area contributed by atoms with E-state index in [1.54, 1.807) is 6.92 Å². The number of hydrogen-bond acceptors (Lipinski definition) is 7.